The topological polar surface area (TPSA) is 12.0 Å². The molecule has 1 saturated heterocycles. The Bertz CT molecular complexity index is 188. The summed E-state index contributed by atoms with van der Waals surface area (Å²) in [4.78, 5) is 0. The minimum absolute atomic E-state index is 0.447. The minimum Gasteiger partial charge on any atom is -0.316 e. The summed E-state index contributed by atoms with van der Waals surface area (Å²) in [6, 6.07) is 0. The number of rotatable bonds is 1. The molecule has 1 heterocycles. The van der Waals surface area contributed by atoms with Gasteiger partial charge in [0.1, 0.15) is 5.67 Å². The molecule has 1 aliphatic heterocycles. The minimum atomic E-state index is -0.739. The van der Waals surface area contributed by atoms with E-state index >= 15 is 0 Å². The van der Waals surface area contributed by atoms with Crippen molar-refractivity contribution >= 4 is 0 Å². The number of fused-ring (bicyclic) bond motifs is 1. The van der Waals surface area contributed by atoms with Gasteiger partial charge in [-0.25, -0.2) is 4.39 Å². The first-order valence-corrected chi connectivity index (χ1v) is 5.17. The van der Waals surface area contributed by atoms with E-state index in [4.69, 9.17) is 0 Å². The Kier molecular flexibility index (Phi) is 1.35. The van der Waals surface area contributed by atoms with Gasteiger partial charge >= 0.3 is 0 Å². The largest absolute Gasteiger partial charge is 0.316 e. The van der Waals surface area contributed by atoms with E-state index in [0.717, 1.165) is 38.8 Å². The molecule has 3 fully saturated rings. The smallest absolute Gasteiger partial charge is 0.114 e. The van der Waals surface area contributed by atoms with Crippen LogP contribution in [0.2, 0.25) is 0 Å². The molecule has 0 amide bonds. The molecule has 3 rings (SSSR count). The number of hydrogen-bond donors (Lipinski definition) is 1. The Balaban J connectivity index is 1.76. The summed E-state index contributed by atoms with van der Waals surface area (Å²) in [6.45, 7) is 2.14. The third kappa shape index (κ3) is 0.936. The Morgan fingerprint density at radius 3 is 2.17 bits per heavy atom. The van der Waals surface area contributed by atoms with Gasteiger partial charge in [-0.2, -0.15) is 0 Å². The molecule has 3 aliphatic rings. The van der Waals surface area contributed by atoms with Crippen LogP contribution in [0.1, 0.15) is 25.7 Å². The van der Waals surface area contributed by atoms with Gasteiger partial charge in [-0.05, 0) is 56.5 Å². The van der Waals surface area contributed by atoms with Gasteiger partial charge in [-0.1, -0.05) is 0 Å². The summed E-state index contributed by atoms with van der Waals surface area (Å²) in [5, 5.41) is 3.35. The lowest BCUT2D eigenvalue weighted by Crippen LogP contribution is -2.25. The fourth-order valence-corrected chi connectivity index (χ4v) is 3.15. The Labute approximate surface area is 72.7 Å². The molecule has 2 saturated carbocycles. The van der Waals surface area contributed by atoms with E-state index in [0.29, 0.717) is 17.8 Å². The molecule has 0 aromatic heterocycles. The molecule has 2 atom stereocenters. The third-order valence-corrected chi connectivity index (χ3v) is 3.99. The highest BCUT2D eigenvalue weighted by molar-refractivity contribution is 5.05. The van der Waals surface area contributed by atoms with Crippen molar-refractivity contribution in [3.05, 3.63) is 0 Å². The fraction of sp³-hybridized carbons (Fsp3) is 1.00. The van der Waals surface area contributed by atoms with Crippen molar-refractivity contribution in [1.82, 2.24) is 5.32 Å². The molecule has 0 spiro atoms. The van der Waals surface area contributed by atoms with E-state index in [1.54, 1.807) is 0 Å². The molecule has 12 heavy (non-hydrogen) atoms. The summed E-state index contributed by atoms with van der Waals surface area (Å²) in [6.07, 6.45) is 4.03. The summed E-state index contributed by atoms with van der Waals surface area (Å²) in [5.41, 5.74) is -0.739. The van der Waals surface area contributed by atoms with E-state index in [1.807, 2.05) is 0 Å². The zero-order valence-corrected chi connectivity index (χ0v) is 7.35. The van der Waals surface area contributed by atoms with E-state index in [-0.39, 0.29) is 0 Å². The molecule has 1 nitrogen and oxygen atoms in total. The second-order valence-corrected chi connectivity index (χ2v) is 4.90. The van der Waals surface area contributed by atoms with Gasteiger partial charge in [0.15, 0.2) is 0 Å². The second-order valence-electron chi connectivity index (χ2n) is 4.90. The van der Waals surface area contributed by atoms with Crippen LogP contribution in [-0.4, -0.2) is 18.8 Å². The highest BCUT2D eigenvalue weighted by Gasteiger charge is 2.54. The number of alkyl halides is 1. The normalized spacial score (nSPS) is 52.8. The lowest BCUT2D eigenvalue weighted by atomic mass is 9.96. The first kappa shape index (κ1) is 7.31. The quantitative estimate of drug-likeness (QED) is 0.630. The van der Waals surface area contributed by atoms with Crippen molar-refractivity contribution in [2.45, 2.75) is 31.4 Å². The maximum absolute atomic E-state index is 14.2. The van der Waals surface area contributed by atoms with Crippen LogP contribution >= 0.6 is 0 Å². The maximum atomic E-state index is 14.2. The summed E-state index contributed by atoms with van der Waals surface area (Å²) in [7, 11) is 0. The molecule has 0 aromatic rings. The van der Waals surface area contributed by atoms with Gasteiger partial charge in [0.2, 0.25) is 0 Å². The molecular formula is C10H16FN. The monoisotopic (exact) mass is 169 g/mol. The van der Waals surface area contributed by atoms with E-state index in [9.17, 15) is 4.39 Å². The molecule has 68 valence electrons. The van der Waals surface area contributed by atoms with Crippen molar-refractivity contribution < 1.29 is 4.39 Å². The first-order valence-electron chi connectivity index (χ1n) is 5.17. The van der Waals surface area contributed by atoms with Gasteiger partial charge in [-0.3, -0.25) is 0 Å². The first-order chi connectivity index (χ1) is 5.78. The van der Waals surface area contributed by atoms with Crippen molar-refractivity contribution in [2.75, 3.05) is 13.1 Å². The Morgan fingerprint density at radius 2 is 1.67 bits per heavy atom. The molecule has 2 heteroatoms. The van der Waals surface area contributed by atoms with Crippen LogP contribution in [0.25, 0.3) is 0 Å². The molecule has 1 N–H and O–H groups in total. The van der Waals surface area contributed by atoms with Gasteiger partial charge in [0.05, 0.1) is 0 Å². The average Bonchev–Trinajstić information content (AvgIpc) is 2.71. The second kappa shape index (κ2) is 2.22. The zero-order valence-electron chi connectivity index (χ0n) is 7.35. The van der Waals surface area contributed by atoms with Gasteiger partial charge in [0.25, 0.3) is 0 Å². The van der Waals surface area contributed by atoms with Gasteiger partial charge < -0.3 is 5.32 Å². The van der Waals surface area contributed by atoms with Gasteiger partial charge in [0, 0.05) is 0 Å². The number of hydrogen-bond acceptors (Lipinski definition) is 1. The molecule has 2 unspecified atom stereocenters. The predicted molar refractivity (Wildman–Crippen MR) is 45.6 cm³/mol. The van der Waals surface area contributed by atoms with Crippen molar-refractivity contribution in [1.29, 1.82) is 0 Å². The predicted octanol–water partition coefficient (Wildman–Crippen LogP) is 1.73. The standard InChI is InChI=1S/C10H16FN/c11-10(9-1-2-9)3-7-5-12-6-8(7)4-10/h7-9,12H,1-6H2. The lowest BCUT2D eigenvalue weighted by Gasteiger charge is -2.19. The molecular weight excluding hydrogens is 153 g/mol. The molecule has 2 aliphatic carbocycles. The van der Waals surface area contributed by atoms with E-state index in [1.165, 1.54) is 0 Å². The van der Waals surface area contributed by atoms with Crippen LogP contribution < -0.4 is 5.32 Å². The molecule has 0 radical (unpaired) electrons. The number of nitrogens with one attached hydrogen (secondary N) is 1. The van der Waals surface area contributed by atoms with Crippen LogP contribution in [0.3, 0.4) is 0 Å². The van der Waals surface area contributed by atoms with Crippen molar-refractivity contribution in [2.24, 2.45) is 17.8 Å². The third-order valence-electron chi connectivity index (χ3n) is 3.99. The summed E-state index contributed by atoms with van der Waals surface area (Å²) < 4.78 is 14.2. The van der Waals surface area contributed by atoms with E-state index < -0.39 is 5.67 Å². The molecule has 0 aromatic carbocycles. The van der Waals surface area contributed by atoms with Gasteiger partial charge in [-0.15, -0.1) is 0 Å². The van der Waals surface area contributed by atoms with Crippen molar-refractivity contribution in [3.8, 4) is 0 Å². The average molecular weight is 169 g/mol. The van der Waals surface area contributed by atoms with Crippen LogP contribution in [0.4, 0.5) is 4.39 Å². The summed E-state index contributed by atoms with van der Waals surface area (Å²) in [5.74, 6) is 1.77. The maximum Gasteiger partial charge on any atom is 0.114 e. The highest BCUT2D eigenvalue weighted by Crippen LogP contribution is 2.55. The summed E-state index contributed by atoms with van der Waals surface area (Å²) >= 11 is 0. The lowest BCUT2D eigenvalue weighted by molar-refractivity contribution is 0.130. The zero-order chi connectivity index (χ0) is 8.18. The Morgan fingerprint density at radius 1 is 1.08 bits per heavy atom. The fourth-order valence-electron chi connectivity index (χ4n) is 3.15. The van der Waals surface area contributed by atoms with Crippen LogP contribution in [0, 0.1) is 17.8 Å². The highest BCUT2D eigenvalue weighted by atomic mass is 19.1. The number of halogens is 1. The molecule has 0 bridgehead atoms. The van der Waals surface area contributed by atoms with Crippen LogP contribution in [0.15, 0.2) is 0 Å². The van der Waals surface area contributed by atoms with Crippen LogP contribution in [0.5, 0.6) is 0 Å². The SMILES string of the molecule is FC1(C2CC2)CC2CNCC2C1. The van der Waals surface area contributed by atoms with Crippen molar-refractivity contribution in [3.63, 3.8) is 0 Å². The van der Waals surface area contributed by atoms with E-state index in [2.05, 4.69) is 5.32 Å². The Hall–Kier alpha value is -0.110. The van der Waals surface area contributed by atoms with Crippen LogP contribution in [-0.2, 0) is 0 Å².